The zero-order valence-corrected chi connectivity index (χ0v) is 9.29. The number of nitrogens with one attached hydrogen (secondary N) is 1. The molecule has 0 aromatic carbocycles. The standard InChI is InChI=1S/C11H18N4/c1-2-14-7-4-9-10(8-14)15-6-3-5-12-11(15)13-9/h2-8H2,1H3,(H,12,13). The lowest BCUT2D eigenvalue weighted by Crippen LogP contribution is -2.31. The molecule has 1 N–H and O–H groups in total. The number of anilines is 1. The number of hydrogen-bond acceptors (Lipinski definition) is 3. The summed E-state index contributed by atoms with van der Waals surface area (Å²) >= 11 is 0. The molecule has 0 saturated carbocycles. The van der Waals surface area contributed by atoms with Gasteiger partial charge in [-0.3, -0.25) is 4.90 Å². The van der Waals surface area contributed by atoms with Crippen molar-refractivity contribution in [1.82, 2.24) is 14.5 Å². The van der Waals surface area contributed by atoms with E-state index in [2.05, 4.69) is 26.7 Å². The molecule has 3 heterocycles. The Morgan fingerprint density at radius 2 is 2.33 bits per heavy atom. The predicted octanol–water partition coefficient (Wildman–Crippen LogP) is 1.08. The fraction of sp³-hybridized carbons (Fsp3) is 0.727. The second-order valence-corrected chi connectivity index (χ2v) is 4.38. The zero-order chi connectivity index (χ0) is 10.3. The first-order chi connectivity index (χ1) is 7.38. The molecule has 0 radical (unpaired) electrons. The minimum absolute atomic E-state index is 1.08. The van der Waals surface area contributed by atoms with E-state index in [4.69, 9.17) is 0 Å². The summed E-state index contributed by atoms with van der Waals surface area (Å²) in [4.78, 5) is 7.18. The van der Waals surface area contributed by atoms with E-state index in [1.54, 1.807) is 0 Å². The van der Waals surface area contributed by atoms with Crippen molar-refractivity contribution in [3.8, 4) is 0 Å². The molecule has 2 aliphatic heterocycles. The summed E-state index contributed by atoms with van der Waals surface area (Å²) in [7, 11) is 0. The molecular weight excluding hydrogens is 188 g/mol. The average Bonchev–Trinajstić information content (AvgIpc) is 2.66. The van der Waals surface area contributed by atoms with Crippen LogP contribution in [0.25, 0.3) is 0 Å². The van der Waals surface area contributed by atoms with Gasteiger partial charge in [0.2, 0.25) is 5.95 Å². The summed E-state index contributed by atoms with van der Waals surface area (Å²) in [5.41, 5.74) is 2.77. The van der Waals surface area contributed by atoms with Crippen molar-refractivity contribution < 1.29 is 0 Å². The van der Waals surface area contributed by atoms with Crippen LogP contribution in [0.4, 0.5) is 5.95 Å². The quantitative estimate of drug-likeness (QED) is 0.746. The van der Waals surface area contributed by atoms with Crippen molar-refractivity contribution in [2.24, 2.45) is 0 Å². The Hall–Kier alpha value is -1.03. The van der Waals surface area contributed by atoms with E-state index < -0.39 is 0 Å². The molecule has 4 nitrogen and oxygen atoms in total. The number of rotatable bonds is 1. The lowest BCUT2D eigenvalue weighted by Gasteiger charge is -2.26. The van der Waals surface area contributed by atoms with E-state index in [0.29, 0.717) is 0 Å². The van der Waals surface area contributed by atoms with Crippen LogP contribution in [0.1, 0.15) is 24.7 Å². The van der Waals surface area contributed by atoms with Gasteiger partial charge in [0.25, 0.3) is 0 Å². The molecule has 0 unspecified atom stereocenters. The van der Waals surface area contributed by atoms with Gasteiger partial charge in [-0.05, 0) is 13.0 Å². The Labute approximate surface area is 90.3 Å². The van der Waals surface area contributed by atoms with Crippen LogP contribution in [0.15, 0.2) is 0 Å². The van der Waals surface area contributed by atoms with Gasteiger partial charge in [-0.15, -0.1) is 0 Å². The van der Waals surface area contributed by atoms with E-state index in [9.17, 15) is 0 Å². The largest absolute Gasteiger partial charge is 0.356 e. The molecule has 2 aliphatic rings. The van der Waals surface area contributed by atoms with Crippen LogP contribution in [-0.2, 0) is 19.5 Å². The number of fused-ring (bicyclic) bond motifs is 3. The van der Waals surface area contributed by atoms with Crippen molar-refractivity contribution in [3.05, 3.63) is 11.4 Å². The topological polar surface area (TPSA) is 33.1 Å². The SMILES string of the molecule is CCN1CCc2nc3n(c2C1)CCCN3. The lowest BCUT2D eigenvalue weighted by atomic mass is 10.1. The number of imidazole rings is 1. The molecule has 3 rings (SSSR count). The Balaban J connectivity index is 1.97. The van der Waals surface area contributed by atoms with Gasteiger partial charge in [-0.1, -0.05) is 6.92 Å². The van der Waals surface area contributed by atoms with Crippen molar-refractivity contribution in [2.45, 2.75) is 32.9 Å². The fourth-order valence-electron chi connectivity index (χ4n) is 2.55. The minimum atomic E-state index is 1.08. The summed E-state index contributed by atoms with van der Waals surface area (Å²) in [5, 5.41) is 3.39. The van der Waals surface area contributed by atoms with E-state index in [-0.39, 0.29) is 0 Å². The first-order valence-corrected chi connectivity index (χ1v) is 5.93. The highest BCUT2D eigenvalue weighted by Crippen LogP contribution is 2.24. The van der Waals surface area contributed by atoms with Gasteiger partial charge in [-0.25, -0.2) is 4.98 Å². The summed E-state index contributed by atoms with van der Waals surface area (Å²) < 4.78 is 2.38. The highest BCUT2D eigenvalue weighted by molar-refractivity contribution is 5.36. The fourth-order valence-corrected chi connectivity index (χ4v) is 2.55. The van der Waals surface area contributed by atoms with Gasteiger partial charge in [-0.2, -0.15) is 0 Å². The molecule has 0 atom stereocenters. The van der Waals surface area contributed by atoms with Gasteiger partial charge in [0.15, 0.2) is 0 Å². The van der Waals surface area contributed by atoms with Crippen LogP contribution < -0.4 is 5.32 Å². The average molecular weight is 206 g/mol. The van der Waals surface area contributed by atoms with E-state index in [0.717, 1.165) is 38.5 Å². The highest BCUT2D eigenvalue weighted by atomic mass is 15.3. The Morgan fingerprint density at radius 1 is 1.40 bits per heavy atom. The normalized spacial score (nSPS) is 20.6. The number of likely N-dealkylation sites (N-methyl/N-ethyl adjacent to an activating group) is 1. The minimum Gasteiger partial charge on any atom is -0.356 e. The molecule has 15 heavy (non-hydrogen) atoms. The number of nitrogens with zero attached hydrogens (tertiary/aromatic N) is 3. The van der Waals surface area contributed by atoms with Crippen LogP contribution in [0.2, 0.25) is 0 Å². The van der Waals surface area contributed by atoms with E-state index >= 15 is 0 Å². The first-order valence-electron chi connectivity index (χ1n) is 5.93. The Morgan fingerprint density at radius 3 is 3.20 bits per heavy atom. The van der Waals surface area contributed by atoms with Crippen molar-refractivity contribution in [1.29, 1.82) is 0 Å². The van der Waals surface area contributed by atoms with Crippen LogP contribution in [-0.4, -0.2) is 34.1 Å². The molecule has 0 spiro atoms. The zero-order valence-electron chi connectivity index (χ0n) is 9.29. The van der Waals surface area contributed by atoms with Crippen LogP contribution in [0, 0.1) is 0 Å². The molecule has 1 aromatic rings. The molecular formula is C11H18N4. The van der Waals surface area contributed by atoms with Crippen LogP contribution >= 0.6 is 0 Å². The highest BCUT2D eigenvalue weighted by Gasteiger charge is 2.24. The van der Waals surface area contributed by atoms with Crippen molar-refractivity contribution in [3.63, 3.8) is 0 Å². The van der Waals surface area contributed by atoms with Crippen molar-refractivity contribution >= 4 is 5.95 Å². The Bertz CT molecular complexity index is 369. The third-order valence-electron chi connectivity index (χ3n) is 3.48. The van der Waals surface area contributed by atoms with E-state index in [1.165, 1.54) is 24.4 Å². The second kappa shape index (κ2) is 3.52. The van der Waals surface area contributed by atoms with Gasteiger partial charge in [0.05, 0.1) is 11.4 Å². The molecule has 0 fully saturated rings. The number of hydrogen-bond donors (Lipinski definition) is 1. The van der Waals surface area contributed by atoms with Gasteiger partial charge in [0, 0.05) is 32.6 Å². The summed E-state index contributed by atoms with van der Waals surface area (Å²) in [6, 6.07) is 0. The second-order valence-electron chi connectivity index (χ2n) is 4.38. The molecule has 4 heteroatoms. The third kappa shape index (κ3) is 1.44. The molecule has 82 valence electrons. The molecule has 1 aromatic heterocycles. The maximum absolute atomic E-state index is 4.69. The van der Waals surface area contributed by atoms with Crippen LogP contribution in [0.3, 0.4) is 0 Å². The molecule has 0 bridgehead atoms. The molecule has 0 aliphatic carbocycles. The summed E-state index contributed by atoms with van der Waals surface area (Å²) in [6.07, 6.45) is 2.34. The number of aromatic nitrogens is 2. The van der Waals surface area contributed by atoms with Crippen molar-refractivity contribution in [2.75, 3.05) is 25.0 Å². The van der Waals surface area contributed by atoms with Gasteiger partial charge in [0.1, 0.15) is 0 Å². The maximum atomic E-state index is 4.69. The van der Waals surface area contributed by atoms with Gasteiger partial charge >= 0.3 is 0 Å². The van der Waals surface area contributed by atoms with Gasteiger partial charge < -0.3 is 9.88 Å². The predicted molar refractivity (Wildman–Crippen MR) is 60.0 cm³/mol. The monoisotopic (exact) mass is 206 g/mol. The maximum Gasteiger partial charge on any atom is 0.203 e. The summed E-state index contributed by atoms with van der Waals surface area (Å²) in [6.45, 7) is 7.85. The lowest BCUT2D eigenvalue weighted by molar-refractivity contribution is 0.258. The molecule has 0 saturated heterocycles. The smallest absolute Gasteiger partial charge is 0.203 e. The first kappa shape index (κ1) is 9.21. The molecule has 0 amide bonds. The summed E-state index contributed by atoms with van der Waals surface area (Å²) in [5.74, 6) is 1.10. The Kier molecular flexibility index (Phi) is 2.16. The van der Waals surface area contributed by atoms with Crippen LogP contribution in [0.5, 0.6) is 0 Å². The third-order valence-corrected chi connectivity index (χ3v) is 3.48. The van der Waals surface area contributed by atoms with E-state index in [1.807, 2.05) is 0 Å².